The molecule has 0 aliphatic heterocycles. The van der Waals surface area contributed by atoms with Crippen LogP contribution in [0.2, 0.25) is 0 Å². The predicted octanol–water partition coefficient (Wildman–Crippen LogP) is 4.66. The van der Waals surface area contributed by atoms with E-state index in [0.717, 1.165) is 16.8 Å². The van der Waals surface area contributed by atoms with Crippen molar-refractivity contribution in [3.63, 3.8) is 0 Å². The van der Waals surface area contributed by atoms with Crippen LogP contribution in [0.3, 0.4) is 0 Å². The van der Waals surface area contributed by atoms with Gasteiger partial charge in [0.15, 0.2) is 0 Å². The summed E-state index contributed by atoms with van der Waals surface area (Å²) in [5.74, 6) is -0.0611. The fourth-order valence-corrected chi connectivity index (χ4v) is 3.64. The molecule has 0 aliphatic carbocycles. The van der Waals surface area contributed by atoms with Gasteiger partial charge in [0.25, 0.3) is 5.91 Å². The third kappa shape index (κ3) is 5.30. The van der Waals surface area contributed by atoms with E-state index in [2.05, 4.69) is 5.32 Å². The fourth-order valence-electron chi connectivity index (χ4n) is 2.97. The van der Waals surface area contributed by atoms with E-state index >= 15 is 0 Å². The minimum atomic E-state index is -0.0392. The predicted molar refractivity (Wildman–Crippen MR) is 115 cm³/mol. The molecule has 0 spiro atoms. The Balaban J connectivity index is 1.88. The second-order valence-corrected chi connectivity index (χ2v) is 7.87. The van der Waals surface area contributed by atoms with E-state index in [-0.39, 0.29) is 17.9 Å². The van der Waals surface area contributed by atoms with E-state index in [9.17, 15) is 9.59 Å². The van der Waals surface area contributed by atoms with Crippen LogP contribution in [0.5, 0.6) is 0 Å². The summed E-state index contributed by atoms with van der Waals surface area (Å²) in [6.45, 7) is 4.35. The molecule has 4 nitrogen and oxygen atoms in total. The maximum absolute atomic E-state index is 13.1. The molecule has 2 aromatic carbocycles. The van der Waals surface area contributed by atoms with E-state index in [0.29, 0.717) is 17.8 Å². The summed E-state index contributed by atoms with van der Waals surface area (Å²) in [5, 5.41) is 4.81. The lowest BCUT2D eigenvalue weighted by Gasteiger charge is -2.23. The molecule has 2 amide bonds. The van der Waals surface area contributed by atoms with Crippen molar-refractivity contribution < 1.29 is 9.59 Å². The summed E-state index contributed by atoms with van der Waals surface area (Å²) in [5.41, 5.74) is 2.72. The number of nitrogens with one attached hydrogen (secondary N) is 1. The van der Waals surface area contributed by atoms with Crippen molar-refractivity contribution >= 4 is 28.8 Å². The van der Waals surface area contributed by atoms with Gasteiger partial charge in [0.05, 0.1) is 17.8 Å². The molecule has 1 aromatic heterocycles. The van der Waals surface area contributed by atoms with Gasteiger partial charge in [-0.15, -0.1) is 11.3 Å². The van der Waals surface area contributed by atoms with Gasteiger partial charge in [0.2, 0.25) is 5.91 Å². The molecule has 0 radical (unpaired) electrons. The zero-order valence-corrected chi connectivity index (χ0v) is 16.9. The Bertz CT molecular complexity index is 921. The van der Waals surface area contributed by atoms with Crippen LogP contribution in [0.1, 0.15) is 34.6 Å². The van der Waals surface area contributed by atoms with Gasteiger partial charge in [0, 0.05) is 11.7 Å². The minimum Gasteiger partial charge on any atom is -0.354 e. The number of anilines is 1. The first-order valence-electron chi connectivity index (χ1n) is 9.30. The third-order valence-corrected chi connectivity index (χ3v) is 5.06. The number of hydrogen-bond acceptors (Lipinski definition) is 3. The summed E-state index contributed by atoms with van der Waals surface area (Å²) in [7, 11) is 0. The van der Waals surface area contributed by atoms with Gasteiger partial charge >= 0.3 is 0 Å². The van der Waals surface area contributed by atoms with Gasteiger partial charge in [-0.1, -0.05) is 48.5 Å². The van der Waals surface area contributed by atoms with Gasteiger partial charge < -0.3 is 10.2 Å². The number of amides is 2. The molecule has 28 heavy (non-hydrogen) atoms. The molecular weight excluding hydrogens is 368 g/mol. The van der Waals surface area contributed by atoms with Crippen LogP contribution in [0.15, 0.2) is 72.1 Å². The van der Waals surface area contributed by atoms with Gasteiger partial charge in [-0.3, -0.25) is 9.59 Å². The molecule has 0 aliphatic rings. The molecular formula is C23H24N2O2S. The monoisotopic (exact) mass is 392 g/mol. The molecule has 1 N–H and O–H groups in total. The van der Waals surface area contributed by atoms with Crippen LogP contribution in [0.25, 0.3) is 0 Å². The number of thiophene rings is 1. The maximum Gasteiger partial charge on any atom is 0.268 e. The fraction of sp³-hybridized carbons (Fsp3) is 0.217. The van der Waals surface area contributed by atoms with Crippen LogP contribution >= 0.6 is 11.3 Å². The highest BCUT2D eigenvalue weighted by atomic mass is 32.1. The molecule has 0 fully saturated rings. The molecule has 0 saturated carbocycles. The van der Waals surface area contributed by atoms with E-state index in [4.69, 9.17) is 0 Å². The van der Waals surface area contributed by atoms with Crippen molar-refractivity contribution in [2.75, 3.05) is 4.90 Å². The van der Waals surface area contributed by atoms with Crippen molar-refractivity contribution in [2.24, 2.45) is 0 Å². The third-order valence-electron chi connectivity index (χ3n) is 4.20. The molecule has 0 unspecified atom stereocenters. The molecule has 3 aromatic rings. The summed E-state index contributed by atoms with van der Waals surface area (Å²) in [6.07, 6.45) is 0.290. The van der Waals surface area contributed by atoms with Crippen molar-refractivity contribution in [2.45, 2.75) is 32.9 Å². The SMILES string of the molecule is CC(C)NC(=O)Cc1cccc(N(Cc2ccccc2)C(=O)c2cccs2)c1. The van der Waals surface area contributed by atoms with Crippen LogP contribution in [-0.2, 0) is 17.8 Å². The maximum atomic E-state index is 13.1. The van der Waals surface area contributed by atoms with Crippen molar-refractivity contribution in [3.05, 3.63) is 88.1 Å². The Labute approximate surface area is 169 Å². The minimum absolute atomic E-state index is 0.0219. The Morgan fingerprint density at radius 3 is 2.39 bits per heavy atom. The molecule has 0 saturated heterocycles. The topological polar surface area (TPSA) is 49.4 Å². The zero-order valence-electron chi connectivity index (χ0n) is 16.1. The van der Waals surface area contributed by atoms with Crippen molar-refractivity contribution in [1.82, 2.24) is 5.32 Å². The number of hydrogen-bond donors (Lipinski definition) is 1. The highest BCUT2D eigenvalue weighted by Crippen LogP contribution is 2.23. The molecule has 5 heteroatoms. The lowest BCUT2D eigenvalue weighted by Crippen LogP contribution is -2.32. The Hall–Kier alpha value is -2.92. The van der Waals surface area contributed by atoms with Gasteiger partial charge in [-0.2, -0.15) is 0 Å². The Kier molecular flexibility index (Phi) is 6.61. The average Bonchev–Trinajstić information content (AvgIpc) is 3.21. The molecule has 1 heterocycles. The van der Waals surface area contributed by atoms with E-state index in [1.165, 1.54) is 11.3 Å². The lowest BCUT2D eigenvalue weighted by atomic mass is 10.1. The quantitative estimate of drug-likeness (QED) is 0.636. The smallest absolute Gasteiger partial charge is 0.268 e. The van der Waals surface area contributed by atoms with Crippen molar-refractivity contribution in [1.29, 1.82) is 0 Å². The number of nitrogens with zero attached hydrogens (tertiary/aromatic N) is 1. The van der Waals surface area contributed by atoms with Crippen LogP contribution in [0.4, 0.5) is 5.69 Å². The van der Waals surface area contributed by atoms with Gasteiger partial charge in [-0.05, 0) is 48.6 Å². The van der Waals surface area contributed by atoms with Crippen LogP contribution < -0.4 is 10.2 Å². The van der Waals surface area contributed by atoms with E-state index in [1.54, 1.807) is 4.90 Å². The number of carbonyl (C=O) groups is 2. The number of benzene rings is 2. The first-order chi connectivity index (χ1) is 13.5. The second kappa shape index (κ2) is 9.33. The summed E-state index contributed by atoms with van der Waals surface area (Å²) in [4.78, 5) is 27.7. The Morgan fingerprint density at radius 2 is 1.71 bits per heavy atom. The molecule has 144 valence electrons. The first-order valence-corrected chi connectivity index (χ1v) is 10.2. The van der Waals surface area contributed by atoms with Crippen molar-refractivity contribution in [3.8, 4) is 0 Å². The highest BCUT2D eigenvalue weighted by Gasteiger charge is 2.19. The zero-order chi connectivity index (χ0) is 19.9. The molecule has 3 rings (SSSR count). The Morgan fingerprint density at radius 1 is 0.964 bits per heavy atom. The standard InChI is InChI=1S/C23H24N2O2S/c1-17(2)24-22(26)15-19-10-6-11-20(14-19)25(16-18-8-4-3-5-9-18)23(27)21-12-7-13-28-21/h3-14,17H,15-16H2,1-2H3,(H,24,26). The van der Waals surface area contributed by atoms with Gasteiger partial charge in [0.1, 0.15) is 0 Å². The normalized spacial score (nSPS) is 10.7. The summed E-state index contributed by atoms with van der Waals surface area (Å²) < 4.78 is 0. The van der Waals surface area contributed by atoms with Crippen LogP contribution in [-0.4, -0.2) is 17.9 Å². The summed E-state index contributed by atoms with van der Waals surface area (Å²) in [6, 6.07) is 21.4. The number of rotatable bonds is 7. The second-order valence-electron chi connectivity index (χ2n) is 6.92. The first kappa shape index (κ1) is 19.8. The van der Waals surface area contributed by atoms with E-state index in [1.807, 2.05) is 86.0 Å². The largest absolute Gasteiger partial charge is 0.354 e. The lowest BCUT2D eigenvalue weighted by molar-refractivity contribution is -0.120. The van der Waals surface area contributed by atoms with E-state index < -0.39 is 0 Å². The van der Waals surface area contributed by atoms with Crippen LogP contribution in [0, 0.1) is 0 Å². The molecule has 0 bridgehead atoms. The van der Waals surface area contributed by atoms with Gasteiger partial charge in [-0.25, -0.2) is 0 Å². The highest BCUT2D eigenvalue weighted by molar-refractivity contribution is 7.12. The average molecular weight is 393 g/mol. The number of carbonyl (C=O) groups excluding carboxylic acids is 2. The molecule has 0 atom stereocenters. The summed E-state index contributed by atoms with van der Waals surface area (Å²) >= 11 is 1.43.